The summed E-state index contributed by atoms with van der Waals surface area (Å²) in [6.45, 7) is 0. The summed E-state index contributed by atoms with van der Waals surface area (Å²) >= 11 is 0. The van der Waals surface area contributed by atoms with Crippen LogP contribution in [0.5, 0.6) is 0 Å². The van der Waals surface area contributed by atoms with Crippen LogP contribution in [-0.4, -0.2) is 28.2 Å². The average Bonchev–Trinajstić information content (AvgIpc) is 2.87. The predicted molar refractivity (Wildman–Crippen MR) is 57.6 cm³/mol. The van der Waals surface area contributed by atoms with Crippen molar-refractivity contribution in [2.45, 2.75) is 11.1 Å². The minimum absolute atomic E-state index is 0.102. The zero-order chi connectivity index (χ0) is 14.3. The molecule has 0 saturated carbocycles. The molecule has 0 radical (unpaired) electrons. The van der Waals surface area contributed by atoms with E-state index in [1.807, 2.05) is 9.71 Å². The third-order valence-corrected chi connectivity index (χ3v) is 3.52. The molecule has 11 heteroatoms. The Hall–Kier alpha value is -2.04. The van der Waals surface area contributed by atoms with Crippen LogP contribution in [0, 0.1) is 0 Å². The molecule has 0 aliphatic rings. The molecule has 0 aromatic carbocycles. The van der Waals surface area contributed by atoms with Crippen LogP contribution in [0.15, 0.2) is 23.5 Å². The lowest BCUT2D eigenvalue weighted by Gasteiger charge is -2.04. The molecule has 2 aromatic rings. The van der Waals surface area contributed by atoms with Gasteiger partial charge < -0.3 is 4.98 Å². The molecule has 0 fully saturated rings. The topological polar surface area (TPSA) is 92.7 Å². The van der Waals surface area contributed by atoms with Crippen LogP contribution in [0.4, 0.5) is 19.1 Å². The highest BCUT2D eigenvalue weighted by atomic mass is 32.2. The molecule has 0 unspecified atom stereocenters. The number of rotatable bonds is 3. The number of aryl methyl sites for hydroxylation is 1. The minimum atomic E-state index is -4.64. The van der Waals surface area contributed by atoms with E-state index < -0.39 is 26.8 Å². The first-order valence-electron chi connectivity index (χ1n) is 4.82. The van der Waals surface area contributed by atoms with Crippen molar-refractivity contribution in [3.8, 4) is 0 Å². The number of aromatic amines is 1. The smallest absolute Gasteiger partial charge is 0.356 e. The van der Waals surface area contributed by atoms with Crippen molar-refractivity contribution in [2.75, 3.05) is 4.72 Å². The Balaban J connectivity index is 2.30. The van der Waals surface area contributed by atoms with Gasteiger partial charge in [-0.05, 0) is 6.07 Å². The van der Waals surface area contributed by atoms with Crippen LogP contribution >= 0.6 is 0 Å². The number of anilines is 1. The summed E-state index contributed by atoms with van der Waals surface area (Å²) in [4.78, 5) is 4.93. The average molecular weight is 295 g/mol. The molecule has 0 amide bonds. The van der Waals surface area contributed by atoms with E-state index in [0.717, 1.165) is 17.2 Å². The summed E-state index contributed by atoms with van der Waals surface area (Å²) in [5.74, 6) is -0.102. The van der Waals surface area contributed by atoms with E-state index in [0.29, 0.717) is 6.07 Å². The van der Waals surface area contributed by atoms with Gasteiger partial charge in [-0.2, -0.15) is 23.3 Å². The van der Waals surface area contributed by atoms with Gasteiger partial charge in [0.2, 0.25) is 5.95 Å². The second-order valence-corrected chi connectivity index (χ2v) is 5.24. The number of nitrogens with zero attached hydrogens (tertiary/aromatic N) is 3. The number of nitrogens with one attached hydrogen (secondary N) is 2. The molecule has 2 aromatic heterocycles. The van der Waals surface area contributed by atoms with E-state index in [2.05, 4.69) is 10.1 Å². The zero-order valence-corrected chi connectivity index (χ0v) is 10.2. The largest absolute Gasteiger partial charge is 0.431 e. The summed E-state index contributed by atoms with van der Waals surface area (Å²) in [6, 6.07) is 0.499. The van der Waals surface area contributed by atoms with E-state index >= 15 is 0 Å². The Morgan fingerprint density at radius 1 is 1.42 bits per heavy atom. The molecule has 19 heavy (non-hydrogen) atoms. The van der Waals surface area contributed by atoms with Gasteiger partial charge in [-0.3, -0.25) is 0 Å². The molecule has 0 atom stereocenters. The van der Waals surface area contributed by atoms with Gasteiger partial charge in [-0.25, -0.2) is 17.8 Å². The molecule has 0 aliphatic heterocycles. The number of H-pyrrole nitrogens is 1. The van der Waals surface area contributed by atoms with Crippen molar-refractivity contribution >= 4 is 16.0 Å². The van der Waals surface area contributed by atoms with Crippen molar-refractivity contribution in [2.24, 2.45) is 7.05 Å². The molecule has 0 saturated heterocycles. The van der Waals surface area contributed by atoms with Gasteiger partial charge in [0.05, 0.1) is 0 Å². The Bertz CT molecular complexity index is 687. The Labute approximate surface area is 105 Å². The van der Waals surface area contributed by atoms with Crippen LogP contribution < -0.4 is 4.72 Å². The van der Waals surface area contributed by atoms with Crippen molar-refractivity contribution in [1.82, 2.24) is 19.7 Å². The minimum Gasteiger partial charge on any atom is -0.356 e. The molecule has 2 N–H and O–H groups in total. The number of halogens is 3. The Kier molecular flexibility index (Phi) is 3.00. The fourth-order valence-corrected chi connectivity index (χ4v) is 2.29. The van der Waals surface area contributed by atoms with Gasteiger partial charge in [0.25, 0.3) is 10.0 Å². The second kappa shape index (κ2) is 4.26. The van der Waals surface area contributed by atoms with Crippen LogP contribution in [0.3, 0.4) is 0 Å². The molecular weight excluding hydrogens is 287 g/mol. The highest BCUT2D eigenvalue weighted by Crippen LogP contribution is 2.29. The summed E-state index contributed by atoms with van der Waals surface area (Å²) in [5, 5.41) is 3.63. The zero-order valence-electron chi connectivity index (χ0n) is 9.43. The number of hydrogen-bond donors (Lipinski definition) is 2. The maximum atomic E-state index is 12.4. The lowest BCUT2D eigenvalue weighted by Crippen LogP contribution is -2.15. The maximum Gasteiger partial charge on any atom is 0.431 e. The monoisotopic (exact) mass is 295 g/mol. The van der Waals surface area contributed by atoms with Crippen molar-refractivity contribution in [1.29, 1.82) is 0 Å². The first-order chi connectivity index (χ1) is 8.70. The summed E-state index contributed by atoms with van der Waals surface area (Å²) < 4.78 is 63.9. The van der Waals surface area contributed by atoms with E-state index in [1.165, 1.54) is 7.05 Å². The Morgan fingerprint density at radius 3 is 2.58 bits per heavy atom. The normalized spacial score (nSPS) is 12.6. The quantitative estimate of drug-likeness (QED) is 0.882. The van der Waals surface area contributed by atoms with Crippen LogP contribution in [0.2, 0.25) is 0 Å². The molecule has 0 spiro atoms. The van der Waals surface area contributed by atoms with Crippen LogP contribution in [-0.2, 0) is 23.2 Å². The molecule has 2 rings (SSSR count). The number of sulfonamides is 1. The summed E-state index contributed by atoms with van der Waals surface area (Å²) in [6.07, 6.45) is -2.78. The number of aromatic nitrogens is 4. The third kappa shape index (κ3) is 2.70. The summed E-state index contributed by atoms with van der Waals surface area (Å²) in [7, 11) is -2.72. The van der Waals surface area contributed by atoms with E-state index in [9.17, 15) is 21.6 Å². The van der Waals surface area contributed by atoms with Gasteiger partial charge in [-0.15, -0.1) is 0 Å². The van der Waals surface area contributed by atoms with Crippen molar-refractivity contribution in [3.05, 3.63) is 24.3 Å². The maximum absolute atomic E-state index is 12.4. The van der Waals surface area contributed by atoms with Gasteiger partial charge in [0.15, 0.2) is 0 Å². The predicted octanol–water partition coefficient (Wildman–Crippen LogP) is 0.963. The Morgan fingerprint density at radius 2 is 2.11 bits per heavy atom. The third-order valence-electron chi connectivity index (χ3n) is 2.21. The van der Waals surface area contributed by atoms with Crippen molar-refractivity contribution < 1.29 is 21.6 Å². The number of alkyl halides is 3. The van der Waals surface area contributed by atoms with E-state index in [4.69, 9.17) is 0 Å². The molecule has 104 valence electrons. The van der Waals surface area contributed by atoms with Crippen LogP contribution in [0.1, 0.15) is 5.69 Å². The van der Waals surface area contributed by atoms with Gasteiger partial charge in [0.1, 0.15) is 16.9 Å². The van der Waals surface area contributed by atoms with Gasteiger partial charge >= 0.3 is 6.18 Å². The first-order valence-corrected chi connectivity index (χ1v) is 6.31. The molecule has 0 aliphatic carbocycles. The van der Waals surface area contributed by atoms with E-state index in [1.54, 1.807) is 0 Å². The molecule has 7 nitrogen and oxygen atoms in total. The van der Waals surface area contributed by atoms with Crippen molar-refractivity contribution in [3.63, 3.8) is 0 Å². The molecular formula is C8H8F3N5O2S. The van der Waals surface area contributed by atoms with E-state index in [-0.39, 0.29) is 5.95 Å². The molecule has 0 bridgehead atoms. The fraction of sp³-hybridized carbons (Fsp3) is 0.250. The second-order valence-electron chi connectivity index (χ2n) is 3.56. The standard InChI is InChI=1S/C8H8F3N5O2S/c1-16-7(13-4-14-16)15-19(17,18)5-2-6(12-3-5)8(9,10)11/h2-4,12H,1H3,(H,13,14,15). The van der Waals surface area contributed by atoms with Crippen LogP contribution in [0.25, 0.3) is 0 Å². The highest BCUT2D eigenvalue weighted by molar-refractivity contribution is 7.92. The lowest BCUT2D eigenvalue weighted by molar-refractivity contribution is -0.140. The van der Waals surface area contributed by atoms with Gasteiger partial charge in [0, 0.05) is 13.2 Å². The summed E-state index contributed by atoms with van der Waals surface area (Å²) in [5.41, 5.74) is -1.15. The molecule has 2 heterocycles. The highest BCUT2D eigenvalue weighted by Gasteiger charge is 2.34. The SMILES string of the molecule is Cn1ncnc1NS(=O)(=O)c1c[nH]c(C(F)(F)F)c1. The lowest BCUT2D eigenvalue weighted by atomic mass is 10.4. The van der Waals surface area contributed by atoms with Gasteiger partial charge in [-0.1, -0.05) is 0 Å². The first kappa shape index (κ1) is 13.4. The number of hydrogen-bond acceptors (Lipinski definition) is 4. The fourth-order valence-electron chi connectivity index (χ4n) is 1.26.